The van der Waals surface area contributed by atoms with E-state index in [1.165, 1.54) is 7.11 Å². The molecule has 7 rings (SSSR count). The van der Waals surface area contributed by atoms with E-state index in [0.717, 1.165) is 4.90 Å². The summed E-state index contributed by atoms with van der Waals surface area (Å²) in [5.41, 5.74) is 1.59. The molecule has 3 aromatic carbocycles. The molecule has 3 aromatic rings. The molecular formula is C32H23BrN2O7. The van der Waals surface area contributed by atoms with E-state index in [4.69, 9.17) is 14.2 Å². The van der Waals surface area contributed by atoms with Crippen molar-refractivity contribution in [3.8, 4) is 17.2 Å². The van der Waals surface area contributed by atoms with Crippen LogP contribution in [0.1, 0.15) is 20.7 Å². The molecule has 0 saturated carbocycles. The van der Waals surface area contributed by atoms with Crippen molar-refractivity contribution in [1.82, 2.24) is 4.90 Å². The van der Waals surface area contributed by atoms with Gasteiger partial charge in [0, 0.05) is 29.0 Å². The Morgan fingerprint density at radius 2 is 1.67 bits per heavy atom. The van der Waals surface area contributed by atoms with Gasteiger partial charge in [0.2, 0.25) is 18.6 Å². The summed E-state index contributed by atoms with van der Waals surface area (Å²) in [6.45, 7) is 0.0479. The van der Waals surface area contributed by atoms with Gasteiger partial charge < -0.3 is 19.1 Å². The zero-order valence-electron chi connectivity index (χ0n) is 22.2. The van der Waals surface area contributed by atoms with Crippen molar-refractivity contribution in [2.45, 2.75) is 12.1 Å². The van der Waals surface area contributed by atoms with Crippen LogP contribution in [-0.2, 0) is 9.59 Å². The predicted octanol–water partition coefficient (Wildman–Crippen LogP) is 4.56. The number of nitrogens with zero attached hydrogens (tertiary/aromatic N) is 2. The number of benzene rings is 3. The summed E-state index contributed by atoms with van der Waals surface area (Å²) >= 11 is 3.44. The van der Waals surface area contributed by atoms with Crippen LogP contribution in [0.2, 0.25) is 0 Å². The highest BCUT2D eigenvalue weighted by atomic mass is 79.9. The lowest BCUT2D eigenvalue weighted by molar-refractivity contribution is -0.123. The molecule has 0 aliphatic carbocycles. The minimum absolute atomic E-state index is 0.0479. The van der Waals surface area contributed by atoms with Crippen molar-refractivity contribution in [2.75, 3.05) is 18.8 Å². The van der Waals surface area contributed by atoms with Crippen LogP contribution in [0.25, 0.3) is 0 Å². The molecular weight excluding hydrogens is 604 g/mol. The van der Waals surface area contributed by atoms with Crippen molar-refractivity contribution >= 4 is 45.0 Å². The minimum atomic E-state index is -0.978. The second-order valence-electron chi connectivity index (χ2n) is 10.3. The van der Waals surface area contributed by atoms with Gasteiger partial charge in [-0.3, -0.25) is 19.2 Å². The summed E-state index contributed by atoms with van der Waals surface area (Å²) in [5, 5.41) is 0. The fraction of sp³-hybridized carbons (Fsp3) is 0.188. The van der Waals surface area contributed by atoms with Crippen LogP contribution < -0.4 is 19.1 Å². The van der Waals surface area contributed by atoms with E-state index >= 15 is 0 Å². The van der Waals surface area contributed by atoms with Crippen LogP contribution >= 0.6 is 15.9 Å². The third-order valence-electron chi connectivity index (χ3n) is 8.17. The Labute approximate surface area is 249 Å². The number of Topliss-reactive ketones (excluding diaryl/α,β-unsaturated/α-hetero) is 2. The van der Waals surface area contributed by atoms with Gasteiger partial charge in [-0.05, 0) is 52.3 Å². The number of fused-ring (bicyclic) bond motifs is 4. The number of ketones is 2. The van der Waals surface area contributed by atoms with Crippen LogP contribution in [-0.4, -0.2) is 54.3 Å². The van der Waals surface area contributed by atoms with E-state index in [1.807, 2.05) is 6.07 Å². The number of halogens is 1. The molecule has 4 heterocycles. The molecule has 4 aliphatic heterocycles. The van der Waals surface area contributed by atoms with Gasteiger partial charge in [-0.15, -0.1) is 0 Å². The Hall–Kier alpha value is -4.70. The zero-order chi connectivity index (χ0) is 29.1. The van der Waals surface area contributed by atoms with Crippen LogP contribution in [0, 0.1) is 11.8 Å². The van der Waals surface area contributed by atoms with Crippen LogP contribution in [0.15, 0.2) is 95.1 Å². The molecule has 0 radical (unpaired) electrons. The number of rotatable bonds is 6. The maximum Gasteiger partial charge on any atom is 0.240 e. The van der Waals surface area contributed by atoms with Gasteiger partial charge in [-0.2, -0.15) is 0 Å². The van der Waals surface area contributed by atoms with E-state index in [9.17, 15) is 19.2 Å². The number of ether oxygens (including phenoxy) is 3. The lowest BCUT2D eigenvalue weighted by atomic mass is 9.85. The maximum atomic E-state index is 14.1. The van der Waals surface area contributed by atoms with Gasteiger partial charge in [-0.25, -0.2) is 4.90 Å². The topological polar surface area (TPSA) is 102 Å². The standard InChI is InChI=1S/C32H23BrN2O7/c1-40-23-9-7-18(13-21(23)33)30(37)28-27-26(22-14-19(11-12-34(22)28)29(36)17-5-3-2-4-6-17)31(38)35(32(27)39)20-8-10-24-25(15-20)42-16-41-24/h2-15,22,26-28H,16H2,1H3/t22-,26-,27-,28-/m1/s1. The Bertz CT molecular complexity index is 1730. The highest BCUT2D eigenvalue weighted by molar-refractivity contribution is 9.10. The summed E-state index contributed by atoms with van der Waals surface area (Å²) in [6.07, 6.45) is 5.01. The normalized spacial score (nSPS) is 23.5. The fourth-order valence-corrected chi connectivity index (χ4v) is 6.76. The van der Waals surface area contributed by atoms with Crippen molar-refractivity contribution in [3.63, 3.8) is 0 Å². The smallest absolute Gasteiger partial charge is 0.240 e. The van der Waals surface area contributed by atoms with Crippen LogP contribution in [0.5, 0.6) is 17.2 Å². The molecule has 0 aromatic heterocycles. The second-order valence-corrected chi connectivity index (χ2v) is 11.2. The van der Waals surface area contributed by atoms with Crippen molar-refractivity contribution in [1.29, 1.82) is 0 Å². The molecule has 0 unspecified atom stereocenters. The summed E-state index contributed by atoms with van der Waals surface area (Å²) in [5.74, 6) is -1.81. The molecule has 10 heteroatoms. The highest BCUT2D eigenvalue weighted by Gasteiger charge is 2.63. The Kier molecular flexibility index (Phi) is 6.23. The number of methoxy groups -OCH3 is 1. The van der Waals surface area contributed by atoms with Crippen molar-refractivity contribution < 1.29 is 33.4 Å². The molecule has 4 aliphatic rings. The number of carbonyl (C=O) groups excluding carboxylic acids is 4. The first-order chi connectivity index (χ1) is 20.4. The summed E-state index contributed by atoms with van der Waals surface area (Å²) in [6, 6.07) is 17.0. The van der Waals surface area contributed by atoms with Gasteiger partial charge in [0.05, 0.1) is 35.1 Å². The zero-order valence-corrected chi connectivity index (χ0v) is 23.8. The lowest BCUT2D eigenvalue weighted by Gasteiger charge is -2.33. The number of imide groups is 1. The Balaban J connectivity index is 1.31. The van der Waals surface area contributed by atoms with E-state index in [-0.39, 0.29) is 18.4 Å². The largest absolute Gasteiger partial charge is 0.496 e. The molecule has 210 valence electrons. The molecule has 2 saturated heterocycles. The van der Waals surface area contributed by atoms with Gasteiger partial charge in [-0.1, -0.05) is 36.4 Å². The van der Waals surface area contributed by atoms with E-state index in [1.54, 1.807) is 83.9 Å². The van der Waals surface area contributed by atoms with Gasteiger partial charge in [0.25, 0.3) is 0 Å². The summed E-state index contributed by atoms with van der Waals surface area (Å²) in [7, 11) is 1.53. The summed E-state index contributed by atoms with van der Waals surface area (Å²) < 4.78 is 16.8. The molecule has 9 nitrogen and oxygen atoms in total. The van der Waals surface area contributed by atoms with Crippen LogP contribution in [0.4, 0.5) is 5.69 Å². The van der Waals surface area contributed by atoms with Crippen LogP contribution in [0.3, 0.4) is 0 Å². The van der Waals surface area contributed by atoms with E-state index in [0.29, 0.717) is 44.1 Å². The number of hydrogen-bond acceptors (Lipinski definition) is 8. The minimum Gasteiger partial charge on any atom is -0.496 e. The third-order valence-corrected chi connectivity index (χ3v) is 8.79. The van der Waals surface area contributed by atoms with Crippen molar-refractivity contribution in [2.24, 2.45) is 11.8 Å². The first-order valence-corrected chi connectivity index (χ1v) is 14.1. The van der Waals surface area contributed by atoms with Crippen molar-refractivity contribution in [3.05, 3.63) is 106 Å². The Morgan fingerprint density at radius 1 is 0.905 bits per heavy atom. The fourth-order valence-electron chi connectivity index (χ4n) is 6.22. The molecule has 0 N–H and O–H groups in total. The molecule has 2 fully saturated rings. The number of amides is 2. The first-order valence-electron chi connectivity index (χ1n) is 13.3. The predicted molar refractivity (Wildman–Crippen MR) is 154 cm³/mol. The van der Waals surface area contributed by atoms with E-state index < -0.39 is 35.7 Å². The SMILES string of the molecule is COc1ccc(C(=O)[C@H]2[C@@H]3C(=O)N(c4ccc5c(c4)OCO5)C(=O)[C@@H]3[C@H]3C=C(C(=O)c4ccccc4)C=CN32)cc1Br. The number of carbonyl (C=O) groups is 4. The van der Waals surface area contributed by atoms with Gasteiger partial charge in [0.15, 0.2) is 23.1 Å². The average Bonchev–Trinajstić information content (AvgIpc) is 3.69. The molecule has 2 amide bonds. The number of anilines is 1. The molecule has 42 heavy (non-hydrogen) atoms. The molecule has 0 bridgehead atoms. The third kappa shape index (κ3) is 3.97. The lowest BCUT2D eigenvalue weighted by Crippen LogP contribution is -2.46. The average molecular weight is 627 g/mol. The quantitative estimate of drug-likeness (QED) is 0.290. The highest BCUT2D eigenvalue weighted by Crippen LogP contribution is 2.48. The number of hydrogen-bond donors (Lipinski definition) is 0. The number of allylic oxidation sites excluding steroid dienone is 2. The molecule has 4 atom stereocenters. The monoisotopic (exact) mass is 626 g/mol. The second kappa shape index (κ2) is 9.99. The molecule has 0 spiro atoms. The first kappa shape index (κ1) is 26.2. The van der Waals surface area contributed by atoms with Gasteiger partial charge in [0.1, 0.15) is 11.8 Å². The Morgan fingerprint density at radius 3 is 2.43 bits per heavy atom. The van der Waals surface area contributed by atoms with Gasteiger partial charge >= 0.3 is 0 Å². The van der Waals surface area contributed by atoms with E-state index in [2.05, 4.69) is 15.9 Å². The summed E-state index contributed by atoms with van der Waals surface area (Å²) in [4.78, 5) is 58.5. The maximum absolute atomic E-state index is 14.1.